The number of rotatable bonds is 4. The van der Waals surface area contributed by atoms with Crippen molar-refractivity contribution in [1.29, 1.82) is 0 Å². The smallest absolute Gasteiger partial charge is 0.321 e. The first-order valence-electron chi connectivity index (χ1n) is 6.76. The fourth-order valence-corrected chi connectivity index (χ4v) is 3.63. The van der Waals surface area contributed by atoms with E-state index in [1.54, 1.807) is 0 Å². The van der Waals surface area contributed by atoms with Gasteiger partial charge in [-0.15, -0.1) is 0 Å². The number of benzene rings is 1. The number of carbonyl (C=O) groups is 1. The van der Waals surface area contributed by atoms with Crippen molar-refractivity contribution < 1.29 is 9.90 Å². The maximum absolute atomic E-state index is 11.5. The molecule has 2 N–H and O–H groups in total. The highest BCUT2D eigenvalue weighted by Crippen LogP contribution is 2.38. The summed E-state index contributed by atoms with van der Waals surface area (Å²) < 4.78 is 0. The molecule has 20 heavy (non-hydrogen) atoms. The van der Waals surface area contributed by atoms with Crippen molar-refractivity contribution in [2.75, 3.05) is 0 Å². The highest BCUT2D eigenvalue weighted by atomic mass is 32.2. The van der Waals surface area contributed by atoms with Crippen LogP contribution in [0.3, 0.4) is 0 Å². The van der Waals surface area contributed by atoms with Crippen LogP contribution in [-0.4, -0.2) is 21.3 Å². The van der Waals surface area contributed by atoms with Crippen LogP contribution in [0.15, 0.2) is 35.4 Å². The summed E-state index contributed by atoms with van der Waals surface area (Å²) in [5.41, 5.74) is 3.19. The zero-order valence-electron chi connectivity index (χ0n) is 11.0. The molecule has 5 heteroatoms. The number of aromatic amines is 1. The number of carboxylic acids is 1. The van der Waals surface area contributed by atoms with Gasteiger partial charge in [-0.3, -0.25) is 9.89 Å². The average molecular weight is 288 g/mol. The Morgan fingerprint density at radius 1 is 1.25 bits per heavy atom. The summed E-state index contributed by atoms with van der Waals surface area (Å²) >= 11 is 1.33. The summed E-state index contributed by atoms with van der Waals surface area (Å²) in [4.78, 5) is 11.5. The third-order valence-electron chi connectivity index (χ3n) is 3.57. The SMILES string of the molecule is O=C(O)C(Sc1n[nH]c2c1CCCC2)c1ccccc1. The number of aromatic nitrogens is 2. The van der Waals surface area contributed by atoms with E-state index in [1.807, 2.05) is 30.3 Å². The molecular formula is C15H16N2O2S. The van der Waals surface area contributed by atoms with E-state index >= 15 is 0 Å². The number of thioether (sulfide) groups is 1. The Morgan fingerprint density at radius 2 is 2.00 bits per heavy atom. The van der Waals surface area contributed by atoms with Crippen LogP contribution in [0.1, 0.15) is 34.9 Å². The standard InChI is InChI=1S/C15H16N2O2S/c18-15(19)13(10-6-2-1-3-7-10)20-14-11-8-4-5-9-12(11)16-17-14/h1-3,6-7,13H,4-5,8-9H2,(H,16,17)(H,18,19). The number of fused-ring (bicyclic) bond motifs is 1. The molecule has 1 unspecified atom stereocenters. The lowest BCUT2D eigenvalue weighted by atomic mass is 9.99. The van der Waals surface area contributed by atoms with Crippen LogP contribution in [0.5, 0.6) is 0 Å². The first-order chi connectivity index (χ1) is 9.75. The number of aryl methyl sites for hydroxylation is 1. The first kappa shape index (κ1) is 13.2. The molecule has 0 bridgehead atoms. The molecule has 2 aromatic rings. The summed E-state index contributed by atoms with van der Waals surface area (Å²) in [6, 6.07) is 9.33. The highest BCUT2D eigenvalue weighted by Gasteiger charge is 2.25. The molecule has 1 atom stereocenters. The second-order valence-corrected chi connectivity index (χ2v) is 6.03. The lowest BCUT2D eigenvalue weighted by Gasteiger charge is -2.14. The number of nitrogens with zero attached hydrogens (tertiary/aromatic N) is 1. The molecule has 0 saturated carbocycles. The van der Waals surface area contributed by atoms with Crippen molar-refractivity contribution in [2.45, 2.75) is 36.0 Å². The van der Waals surface area contributed by atoms with E-state index in [-0.39, 0.29) is 0 Å². The predicted molar refractivity (Wildman–Crippen MR) is 77.9 cm³/mol. The molecule has 0 saturated heterocycles. The van der Waals surface area contributed by atoms with Gasteiger partial charge in [0, 0.05) is 11.3 Å². The summed E-state index contributed by atoms with van der Waals surface area (Å²) in [6.45, 7) is 0. The van der Waals surface area contributed by atoms with Crippen LogP contribution in [0.4, 0.5) is 0 Å². The Labute approximate surface area is 121 Å². The third-order valence-corrected chi connectivity index (χ3v) is 4.84. The molecule has 1 aliphatic carbocycles. The van der Waals surface area contributed by atoms with Gasteiger partial charge in [-0.05, 0) is 31.2 Å². The minimum atomic E-state index is -0.825. The van der Waals surface area contributed by atoms with Gasteiger partial charge in [0.25, 0.3) is 0 Å². The van der Waals surface area contributed by atoms with Crippen molar-refractivity contribution in [3.05, 3.63) is 47.2 Å². The van der Waals surface area contributed by atoms with Gasteiger partial charge in [0.2, 0.25) is 0 Å². The van der Waals surface area contributed by atoms with Crippen LogP contribution < -0.4 is 0 Å². The fraction of sp³-hybridized carbons (Fsp3) is 0.333. The van der Waals surface area contributed by atoms with Gasteiger partial charge in [0.05, 0.1) is 0 Å². The van der Waals surface area contributed by atoms with Gasteiger partial charge < -0.3 is 5.11 Å². The lowest BCUT2D eigenvalue weighted by Crippen LogP contribution is -2.08. The maximum atomic E-state index is 11.5. The molecule has 0 aliphatic heterocycles. The normalized spacial score (nSPS) is 15.6. The molecule has 3 rings (SSSR count). The van der Waals surface area contributed by atoms with E-state index < -0.39 is 11.2 Å². The zero-order chi connectivity index (χ0) is 13.9. The number of nitrogens with one attached hydrogen (secondary N) is 1. The molecule has 0 radical (unpaired) electrons. The third kappa shape index (κ3) is 2.58. The second kappa shape index (κ2) is 5.71. The number of H-pyrrole nitrogens is 1. The molecule has 0 spiro atoms. The lowest BCUT2D eigenvalue weighted by molar-refractivity contribution is -0.136. The Hall–Kier alpha value is -1.75. The van der Waals surface area contributed by atoms with E-state index in [2.05, 4.69) is 10.2 Å². The van der Waals surface area contributed by atoms with Crippen molar-refractivity contribution in [3.63, 3.8) is 0 Å². The quantitative estimate of drug-likeness (QED) is 0.848. The van der Waals surface area contributed by atoms with E-state index in [9.17, 15) is 9.90 Å². The van der Waals surface area contributed by atoms with Gasteiger partial charge in [0.15, 0.2) is 0 Å². The van der Waals surface area contributed by atoms with Gasteiger partial charge in [-0.25, -0.2) is 0 Å². The molecule has 0 amide bonds. The minimum absolute atomic E-state index is 0.606. The van der Waals surface area contributed by atoms with E-state index in [4.69, 9.17) is 0 Å². The van der Waals surface area contributed by atoms with Crippen LogP contribution >= 0.6 is 11.8 Å². The van der Waals surface area contributed by atoms with E-state index in [0.717, 1.165) is 29.9 Å². The van der Waals surface area contributed by atoms with Crippen LogP contribution in [0.25, 0.3) is 0 Å². The van der Waals surface area contributed by atoms with Crippen molar-refractivity contribution >= 4 is 17.7 Å². The topological polar surface area (TPSA) is 66.0 Å². The number of hydrogen-bond donors (Lipinski definition) is 2. The Morgan fingerprint density at radius 3 is 2.75 bits per heavy atom. The molecule has 104 valence electrons. The molecule has 1 heterocycles. The zero-order valence-corrected chi connectivity index (χ0v) is 11.8. The van der Waals surface area contributed by atoms with Crippen LogP contribution in [0, 0.1) is 0 Å². The monoisotopic (exact) mass is 288 g/mol. The molecule has 1 aromatic heterocycles. The first-order valence-corrected chi connectivity index (χ1v) is 7.64. The minimum Gasteiger partial charge on any atom is -0.480 e. The fourth-order valence-electron chi connectivity index (χ4n) is 2.55. The number of aliphatic carboxylic acids is 1. The number of hydrogen-bond acceptors (Lipinski definition) is 3. The predicted octanol–water partition coefficient (Wildman–Crippen LogP) is 3.21. The van der Waals surface area contributed by atoms with Gasteiger partial charge >= 0.3 is 5.97 Å². The Kier molecular flexibility index (Phi) is 3.78. The largest absolute Gasteiger partial charge is 0.480 e. The molecule has 4 nitrogen and oxygen atoms in total. The van der Waals surface area contributed by atoms with E-state index in [1.165, 1.54) is 29.4 Å². The van der Waals surface area contributed by atoms with Crippen molar-refractivity contribution in [2.24, 2.45) is 0 Å². The maximum Gasteiger partial charge on any atom is 0.321 e. The number of carboxylic acid groups (broad SMARTS) is 1. The summed E-state index contributed by atoms with van der Waals surface area (Å²) in [5.74, 6) is -0.825. The summed E-state index contributed by atoms with van der Waals surface area (Å²) in [7, 11) is 0. The van der Waals surface area contributed by atoms with Gasteiger partial charge in [0.1, 0.15) is 10.3 Å². The van der Waals surface area contributed by atoms with Crippen molar-refractivity contribution in [1.82, 2.24) is 10.2 Å². The Bertz CT molecular complexity index is 610. The molecule has 1 aromatic carbocycles. The average Bonchev–Trinajstić information content (AvgIpc) is 2.88. The second-order valence-electron chi connectivity index (χ2n) is 4.94. The van der Waals surface area contributed by atoms with Gasteiger partial charge in [-0.1, -0.05) is 42.1 Å². The van der Waals surface area contributed by atoms with Crippen LogP contribution in [-0.2, 0) is 17.6 Å². The molecular weight excluding hydrogens is 272 g/mol. The summed E-state index contributed by atoms with van der Waals surface area (Å²) in [5, 5.41) is 17.1. The van der Waals surface area contributed by atoms with Gasteiger partial charge in [-0.2, -0.15) is 5.10 Å². The molecule has 0 fully saturated rings. The Balaban J connectivity index is 1.88. The van der Waals surface area contributed by atoms with Crippen molar-refractivity contribution in [3.8, 4) is 0 Å². The highest BCUT2D eigenvalue weighted by molar-refractivity contribution is 8.00. The van der Waals surface area contributed by atoms with Crippen LogP contribution in [0.2, 0.25) is 0 Å². The van der Waals surface area contributed by atoms with E-state index in [0.29, 0.717) is 0 Å². The molecule has 1 aliphatic rings. The summed E-state index contributed by atoms with van der Waals surface area (Å²) in [6.07, 6.45) is 4.35.